The molecule has 5 aliphatic rings. The van der Waals surface area contributed by atoms with Crippen molar-refractivity contribution in [3.63, 3.8) is 0 Å². The molecule has 11 heteroatoms. The van der Waals surface area contributed by atoms with E-state index < -0.39 is 5.97 Å². The van der Waals surface area contributed by atoms with Crippen LogP contribution in [0.1, 0.15) is 58.3 Å². The number of ether oxygens (including phenoxy) is 5. The van der Waals surface area contributed by atoms with E-state index in [-0.39, 0.29) is 65.3 Å². The Morgan fingerprint density at radius 3 is 1.49 bits per heavy atom. The minimum absolute atomic E-state index is 0.0555. The van der Waals surface area contributed by atoms with Gasteiger partial charge < -0.3 is 28.8 Å². The number of carbonyl (C=O) groups is 5. The molecule has 0 aromatic carbocycles. The van der Waals surface area contributed by atoms with Crippen LogP contribution in [0.15, 0.2) is 12.2 Å². The van der Waals surface area contributed by atoms with Crippen LogP contribution in [-0.2, 0) is 47.7 Å². The van der Waals surface area contributed by atoms with Gasteiger partial charge in [-0.2, -0.15) is 0 Å². The Hall–Kier alpha value is -2.79. The Bertz CT molecular complexity index is 804. The second-order valence-corrected chi connectivity index (χ2v) is 9.99. The first-order chi connectivity index (χ1) is 17.7. The van der Waals surface area contributed by atoms with E-state index in [1.54, 1.807) is 0 Å². The third-order valence-corrected chi connectivity index (χ3v) is 6.94. The molecule has 0 aromatic rings. The van der Waals surface area contributed by atoms with Crippen molar-refractivity contribution >= 4 is 29.8 Å². The smallest absolute Gasteiger partial charge is 0.330 e. The highest BCUT2D eigenvalue weighted by atomic mass is 16.6. The fraction of sp³-hybridized carbons (Fsp3) is 0.731. The van der Waals surface area contributed by atoms with E-state index in [4.69, 9.17) is 24.1 Å². The number of rotatable bonds is 7. The number of hydrogen-bond acceptors (Lipinski definition) is 10. The molecule has 2 aliphatic carbocycles. The molecule has 0 amide bonds. The normalized spacial score (nSPS) is 31.2. The monoisotopic (exact) mass is 524 g/mol. The maximum absolute atomic E-state index is 12.1. The summed E-state index contributed by atoms with van der Waals surface area (Å²) < 4.78 is 25.0. The minimum atomic E-state index is -0.935. The molecule has 6 unspecified atom stereocenters. The summed E-state index contributed by atoms with van der Waals surface area (Å²) in [6, 6.07) is 0. The lowest BCUT2D eigenvalue weighted by molar-refractivity contribution is -0.163. The summed E-state index contributed by atoms with van der Waals surface area (Å²) in [5.74, 6) is -3.03. The maximum atomic E-state index is 12.1. The van der Waals surface area contributed by atoms with Gasteiger partial charge in [-0.25, -0.2) is 4.79 Å². The largest absolute Gasteiger partial charge is 0.478 e. The zero-order valence-corrected chi connectivity index (χ0v) is 21.2. The van der Waals surface area contributed by atoms with Crippen LogP contribution < -0.4 is 0 Å². The predicted molar refractivity (Wildman–Crippen MR) is 126 cm³/mol. The summed E-state index contributed by atoms with van der Waals surface area (Å²) >= 11 is 0. The Kier molecular flexibility index (Phi) is 10.6. The number of carbonyl (C=O) groups excluding carboxylic acids is 4. The topological polar surface area (TPSA) is 158 Å². The van der Waals surface area contributed by atoms with Crippen LogP contribution in [0.25, 0.3) is 0 Å². The van der Waals surface area contributed by atoms with Crippen molar-refractivity contribution in [1.29, 1.82) is 0 Å². The fourth-order valence-corrected chi connectivity index (χ4v) is 4.53. The van der Waals surface area contributed by atoms with Crippen molar-refractivity contribution in [3.05, 3.63) is 12.2 Å². The van der Waals surface area contributed by atoms with Crippen LogP contribution >= 0.6 is 0 Å². The van der Waals surface area contributed by atoms with Crippen molar-refractivity contribution in [1.82, 2.24) is 0 Å². The van der Waals surface area contributed by atoms with Gasteiger partial charge in [0.2, 0.25) is 0 Å². The summed E-state index contributed by atoms with van der Waals surface area (Å²) in [4.78, 5) is 55.7. The van der Waals surface area contributed by atoms with Crippen LogP contribution in [0.4, 0.5) is 0 Å². The summed E-state index contributed by atoms with van der Waals surface area (Å²) in [6.45, 7) is 6.51. The molecule has 5 rings (SSSR count). The second kappa shape index (κ2) is 13.7. The van der Waals surface area contributed by atoms with Crippen molar-refractivity contribution < 1.29 is 52.8 Å². The van der Waals surface area contributed by atoms with Crippen LogP contribution in [0.5, 0.6) is 0 Å². The second-order valence-electron chi connectivity index (χ2n) is 9.99. The third-order valence-electron chi connectivity index (χ3n) is 6.94. The van der Waals surface area contributed by atoms with Gasteiger partial charge in [0.05, 0.1) is 36.9 Å². The van der Waals surface area contributed by atoms with Gasteiger partial charge in [-0.1, -0.05) is 32.3 Å². The van der Waals surface area contributed by atoms with Gasteiger partial charge in [-0.15, -0.1) is 0 Å². The van der Waals surface area contributed by atoms with Crippen molar-refractivity contribution in [2.24, 2.45) is 23.7 Å². The van der Waals surface area contributed by atoms with E-state index in [9.17, 15) is 24.0 Å². The summed E-state index contributed by atoms with van der Waals surface area (Å²) in [5.41, 5.74) is 0.176. The molecular formula is C26H36O11. The average molecular weight is 525 g/mol. The Labute approximate surface area is 215 Å². The van der Waals surface area contributed by atoms with E-state index in [0.29, 0.717) is 39.3 Å². The lowest BCUT2D eigenvalue weighted by Gasteiger charge is -2.28. The van der Waals surface area contributed by atoms with Crippen LogP contribution in [-0.4, -0.2) is 73.6 Å². The molecule has 11 nitrogen and oxygen atoms in total. The van der Waals surface area contributed by atoms with Crippen LogP contribution in [0.3, 0.4) is 0 Å². The number of esters is 4. The van der Waals surface area contributed by atoms with Crippen molar-refractivity contribution in [2.45, 2.75) is 70.5 Å². The summed E-state index contributed by atoms with van der Waals surface area (Å²) in [5, 5.41) is 7.89. The highest BCUT2D eigenvalue weighted by Gasteiger charge is 2.45. The van der Waals surface area contributed by atoms with E-state index in [1.807, 2.05) is 0 Å². The summed E-state index contributed by atoms with van der Waals surface area (Å²) in [6.07, 6.45) is 7.22. The zero-order chi connectivity index (χ0) is 26.9. The molecule has 0 radical (unpaired) electrons. The molecule has 0 spiro atoms. The van der Waals surface area contributed by atoms with Gasteiger partial charge in [-0.3, -0.25) is 19.2 Å². The molecule has 2 saturated carbocycles. The molecule has 6 atom stereocenters. The standard InChI is InChI=1S/C14H20O6.C8H10O3.C4H6O2/c15-13(19-7-9-5-17-9)11-3-1-2-4-12(11)14(16)20-8-10-6-18-10;9-7-5-3-1-2-4-6(5)8(10)11-7;1-3(2)4(5)6/h9-12H,1-8H2;5-6H,1-4H2;1H2,2H3,(H,5,6). The maximum Gasteiger partial charge on any atom is 0.330 e. The van der Waals surface area contributed by atoms with E-state index in [1.165, 1.54) is 6.92 Å². The highest BCUT2D eigenvalue weighted by molar-refractivity contribution is 5.96. The van der Waals surface area contributed by atoms with Gasteiger partial charge in [-0.05, 0) is 32.6 Å². The van der Waals surface area contributed by atoms with Gasteiger partial charge in [0.25, 0.3) is 0 Å². The fourth-order valence-electron chi connectivity index (χ4n) is 4.53. The first-order valence-electron chi connectivity index (χ1n) is 12.9. The lowest BCUT2D eigenvalue weighted by Crippen LogP contribution is -2.35. The van der Waals surface area contributed by atoms with E-state index >= 15 is 0 Å². The average Bonchev–Trinajstić information content (AvgIpc) is 3.82. The predicted octanol–water partition coefficient (Wildman–Crippen LogP) is 2.20. The first kappa shape index (κ1) is 28.8. The molecule has 0 bridgehead atoms. The molecule has 3 heterocycles. The zero-order valence-electron chi connectivity index (χ0n) is 21.2. The molecule has 3 aliphatic heterocycles. The number of carboxylic acid groups (broad SMARTS) is 1. The number of carboxylic acids is 1. The molecule has 3 saturated heterocycles. The Balaban J connectivity index is 0.000000187. The molecule has 0 aromatic heterocycles. The number of aliphatic carboxylic acids is 1. The number of cyclic esters (lactones) is 2. The van der Waals surface area contributed by atoms with Gasteiger partial charge >= 0.3 is 29.8 Å². The number of fused-ring (bicyclic) bond motifs is 1. The molecule has 37 heavy (non-hydrogen) atoms. The molecule has 206 valence electrons. The van der Waals surface area contributed by atoms with Crippen molar-refractivity contribution in [3.8, 4) is 0 Å². The highest BCUT2D eigenvalue weighted by Crippen LogP contribution is 2.36. The van der Waals surface area contributed by atoms with E-state index in [2.05, 4.69) is 11.3 Å². The molecular weight excluding hydrogens is 488 g/mol. The lowest BCUT2D eigenvalue weighted by atomic mass is 9.79. The Morgan fingerprint density at radius 2 is 1.16 bits per heavy atom. The van der Waals surface area contributed by atoms with Gasteiger partial charge in [0.1, 0.15) is 25.4 Å². The van der Waals surface area contributed by atoms with Crippen molar-refractivity contribution in [2.75, 3.05) is 26.4 Å². The Morgan fingerprint density at radius 1 is 0.811 bits per heavy atom. The molecule has 1 N–H and O–H groups in total. The minimum Gasteiger partial charge on any atom is -0.478 e. The quantitative estimate of drug-likeness (QED) is 0.171. The SMILES string of the molecule is C=C(C)C(=O)O.O=C(OCC1CO1)C1CCCCC1C(=O)OCC1CO1.O=C1OC(=O)C2CCCCC12. The van der Waals surface area contributed by atoms with Crippen LogP contribution in [0.2, 0.25) is 0 Å². The van der Waals surface area contributed by atoms with Gasteiger partial charge in [0.15, 0.2) is 0 Å². The number of epoxide rings is 2. The molecule has 5 fully saturated rings. The third kappa shape index (κ3) is 9.23. The van der Waals surface area contributed by atoms with E-state index in [0.717, 1.165) is 38.5 Å². The number of hydrogen-bond donors (Lipinski definition) is 1. The van der Waals surface area contributed by atoms with Crippen LogP contribution in [0, 0.1) is 23.7 Å². The van der Waals surface area contributed by atoms with Gasteiger partial charge in [0, 0.05) is 5.57 Å². The first-order valence-corrected chi connectivity index (χ1v) is 12.9. The summed E-state index contributed by atoms with van der Waals surface area (Å²) in [7, 11) is 0.